The van der Waals surface area contributed by atoms with Crippen LogP contribution in [0.3, 0.4) is 0 Å². The van der Waals surface area contributed by atoms with Gasteiger partial charge in [0.2, 0.25) is 0 Å². The Labute approximate surface area is 86.9 Å². The molecule has 0 bridgehead atoms. The number of hydrogen-bond acceptors (Lipinski definition) is 1. The minimum Gasteiger partial charge on any atom is -0.261 e. The molecule has 1 nitrogen and oxygen atoms in total. The predicted octanol–water partition coefficient (Wildman–Crippen LogP) is 3.42. The van der Waals surface area contributed by atoms with Gasteiger partial charge in [-0.2, -0.15) is 0 Å². The van der Waals surface area contributed by atoms with Crippen LogP contribution in [-0.4, -0.2) is 5.71 Å². The standard InChI is InChI=1S/C12H15N/c1-4-5-6-11(3)12-8-7-10(2)9-13-12/h4-6,9H,1,3,7-8H2,2H3/i2D3,7D,8D. The zero-order valence-corrected chi connectivity index (χ0v) is 7.33. The van der Waals surface area contributed by atoms with Crippen molar-refractivity contribution in [3.8, 4) is 0 Å². The molecular weight excluding hydrogens is 158 g/mol. The fourth-order valence-electron chi connectivity index (χ4n) is 0.853. The summed E-state index contributed by atoms with van der Waals surface area (Å²) in [5, 5.41) is 0. The highest BCUT2D eigenvalue weighted by molar-refractivity contribution is 6.02. The molecule has 2 unspecified atom stereocenters. The Morgan fingerprint density at radius 1 is 1.77 bits per heavy atom. The van der Waals surface area contributed by atoms with Crippen LogP contribution in [0.4, 0.5) is 0 Å². The van der Waals surface area contributed by atoms with E-state index in [1.807, 2.05) is 0 Å². The second kappa shape index (κ2) is 4.61. The lowest BCUT2D eigenvalue weighted by atomic mass is 10.0. The molecule has 0 radical (unpaired) electrons. The van der Waals surface area contributed by atoms with Gasteiger partial charge in [-0.15, -0.1) is 0 Å². The van der Waals surface area contributed by atoms with Crippen LogP contribution in [0.15, 0.2) is 53.7 Å². The lowest BCUT2D eigenvalue weighted by molar-refractivity contribution is 0.977. The van der Waals surface area contributed by atoms with Crippen molar-refractivity contribution in [2.24, 2.45) is 4.99 Å². The summed E-state index contributed by atoms with van der Waals surface area (Å²) in [6.07, 6.45) is 3.84. The lowest BCUT2D eigenvalue weighted by Gasteiger charge is -2.10. The summed E-state index contributed by atoms with van der Waals surface area (Å²) < 4.78 is 37.5. The fourth-order valence-corrected chi connectivity index (χ4v) is 0.853. The van der Waals surface area contributed by atoms with E-state index in [4.69, 9.17) is 6.85 Å². The van der Waals surface area contributed by atoms with E-state index in [-0.39, 0.29) is 5.57 Å². The molecule has 0 saturated heterocycles. The molecule has 0 aromatic rings. The van der Waals surface area contributed by atoms with E-state index in [1.54, 1.807) is 18.2 Å². The van der Waals surface area contributed by atoms with Gasteiger partial charge in [-0.1, -0.05) is 37.0 Å². The third-order valence-corrected chi connectivity index (χ3v) is 1.53. The normalized spacial score (nSPS) is 34.6. The molecule has 0 aliphatic carbocycles. The monoisotopic (exact) mass is 178 g/mol. The molecule has 0 aromatic heterocycles. The largest absolute Gasteiger partial charge is 0.261 e. The Kier molecular flexibility index (Phi) is 1.68. The highest BCUT2D eigenvalue weighted by Crippen LogP contribution is 2.15. The highest BCUT2D eigenvalue weighted by atomic mass is 14.7. The molecule has 1 aliphatic heterocycles. The van der Waals surface area contributed by atoms with Crippen molar-refractivity contribution < 1.29 is 6.85 Å². The molecule has 68 valence electrons. The maximum Gasteiger partial charge on any atom is 0.0473 e. The molecule has 0 fully saturated rings. The first kappa shape index (κ1) is 4.75. The first-order valence-corrected chi connectivity index (χ1v) is 3.90. The summed E-state index contributed by atoms with van der Waals surface area (Å²) in [5.74, 6) is 0. The Balaban J connectivity index is 3.07. The van der Waals surface area contributed by atoms with Gasteiger partial charge < -0.3 is 0 Å². The molecule has 0 spiro atoms. The highest BCUT2D eigenvalue weighted by Gasteiger charge is 2.05. The molecular formula is C12H15N. The van der Waals surface area contributed by atoms with Gasteiger partial charge in [0.1, 0.15) is 0 Å². The van der Waals surface area contributed by atoms with E-state index in [0.717, 1.165) is 6.20 Å². The minimum absolute atomic E-state index is 0.105. The van der Waals surface area contributed by atoms with Crippen molar-refractivity contribution in [2.45, 2.75) is 19.6 Å². The Bertz CT molecular complexity index is 442. The van der Waals surface area contributed by atoms with Gasteiger partial charge in [-0.3, -0.25) is 4.99 Å². The summed E-state index contributed by atoms with van der Waals surface area (Å²) in [4.78, 5) is 3.96. The molecule has 13 heavy (non-hydrogen) atoms. The lowest BCUT2D eigenvalue weighted by Crippen LogP contribution is -2.03. The molecule has 2 atom stereocenters. The second-order valence-corrected chi connectivity index (χ2v) is 2.55. The number of aliphatic imine (C=N–C) groups is 1. The van der Waals surface area contributed by atoms with E-state index >= 15 is 0 Å². The van der Waals surface area contributed by atoms with E-state index < -0.39 is 19.6 Å². The van der Waals surface area contributed by atoms with Crippen LogP contribution < -0.4 is 0 Å². The number of hydrogen-bond donors (Lipinski definition) is 0. The van der Waals surface area contributed by atoms with E-state index in [1.165, 1.54) is 0 Å². The molecule has 0 N–H and O–H groups in total. The Morgan fingerprint density at radius 3 is 3.31 bits per heavy atom. The van der Waals surface area contributed by atoms with Crippen LogP contribution >= 0.6 is 0 Å². The van der Waals surface area contributed by atoms with Gasteiger partial charge in [0.05, 0.1) is 0 Å². The van der Waals surface area contributed by atoms with Crippen molar-refractivity contribution in [3.63, 3.8) is 0 Å². The summed E-state index contributed by atoms with van der Waals surface area (Å²) in [6.45, 7) is 4.89. The van der Waals surface area contributed by atoms with Crippen molar-refractivity contribution in [1.82, 2.24) is 0 Å². The van der Waals surface area contributed by atoms with Crippen LogP contribution in [0.25, 0.3) is 0 Å². The third kappa shape index (κ3) is 2.86. The van der Waals surface area contributed by atoms with Crippen LogP contribution in [0, 0.1) is 0 Å². The van der Waals surface area contributed by atoms with E-state index in [9.17, 15) is 0 Å². The van der Waals surface area contributed by atoms with Crippen molar-refractivity contribution in [1.29, 1.82) is 0 Å². The van der Waals surface area contributed by atoms with Gasteiger partial charge in [-0.25, -0.2) is 0 Å². The average molecular weight is 178 g/mol. The molecule has 0 amide bonds. The average Bonchev–Trinajstić information content (AvgIpc) is 2.27. The van der Waals surface area contributed by atoms with Crippen molar-refractivity contribution >= 4 is 5.71 Å². The van der Waals surface area contributed by atoms with Crippen molar-refractivity contribution in [3.05, 3.63) is 48.7 Å². The molecule has 1 rings (SSSR count). The smallest absolute Gasteiger partial charge is 0.0473 e. The summed E-state index contributed by atoms with van der Waals surface area (Å²) in [7, 11) is 0. The minimum atomic E-state index is -2.38. The topological polar surface area (TPSA) is 12.4 Å². The maximum absolute atomic E-state index is 7.88. The second-order valence-electron chi connectivity index (χ2n) is 2.55. The van der Waals surface area contributed by atoms with Gasteiger partial charge in [0.15, 0.2) is 0 Å². The SMILES string of the molecule is [2H]C1C(C([2H])([2H])[2H])=CN=C(C(=C)C=CC=C)C1[2H]. The first-order valence-electron chi connectivity index (χ1n) is 6.55. The molecule has 1 heterocycles. The quantitative estimate of drug-likeness (QED) is 0.587. The van der Waals surface area contributed by atoms with E-state index in [0.29, 0.717) is 11.3 Å². The summed E-state index contributed by atoms with van der Waals surface area (Å²) in [6, 6.07) is 0. The van der Waals surface area contributed by atoms with Crippen molar-refractivity contribution in [2.75, 3.05) is 0 Å². The summed E-state index contributed by atoms with van der Waals surface area (Å²) >= 11 is 0. The van der Waals surface area contributed by atoms with Crippen LogP contribution in [0.5, 0.6) is 0 Å². The zero-order chi connectivity index (χ0) is 13.9. The maximum atomic E-state index is 7.88. The van der Waals surface area contributed by atoms with Gasteiger partial charge in [0.25, 0.3) is 0 Å². The number of rotatable bonds is 3. The molecule has 0 saturated carbocycles. The fraction of sp³-hybridized carbons (Fsp3) is 0.250. The zero-order valence-electron chi connectivity index (χ0n) is 12.3. The Morgan fingerprint density at radius 2 is 2.62 bits per heavy atom. The predicted molar refractivity (Wildman–Crippen MR) is 58.9 cm³/mol. The third-order valence-electron chi connectivity index (χ3n) is 1.53. The molecule has 0 aromatic carbocycles. The first-order chi connectivity index (χ1) is 8.29. The van der Waals surface area contributed by atoms with Crippen LogP contribution in [-0.2, 0) is 0 Å². The molecule has 1 heteroatoms. The number of nitrogens with zero attached hydrogens (tertiary/aromatic N) is 1. The molecule has 1 aliphatic rings. The number of allylic oxidation sites excluding steroid dienone is 5. The van der Waals surface area contributed by atoms with Gasteiger partial charge in [0, 0.05) is 18.8 Å². The van der Waals surface area contributed by atoms with Crippen LogP contribution in [0.1, 0.15) is 26.5 Å². The van der Waals surface area contributed by atoms with Crippen LogP contribution in [0.2, 0.25) is 0 Å². The Hall–Kier alpha value is -1.37. The van der Waals surface area contributed by atoms with Gasteiger partial charge in [-0.05, 0) is 25.2 Å². The van der Waals surface area contributed by atoms with Gasteiger partial charge >= 0.3 is 0 Å². The van der Waals surface area contributed by atoms with E-state index in [2.05, 4.69) is 18.2 Å². The summed E-state index contributed by atoms with van der Waals surface area (Å²) in [5.41, 5.74) is 0.709.